The molecule has 0 saturated carbocycles. The highest BCUT2D eigenvalue weighted by molar-refractivity contribution is 7.85. The van der Waals surface area contributed by atoms with E-state index in [4.69, 9.17) is 9.73 Å². The predicted octanol–water partition coefficient (Wildman–Crippen LogP) is 3.32. The van der Waals surface area contributed by atoms with Crippen molar-refractivity contribution in [2.24, 2.45) is 9.98 Å². The fraction of sp³-hybridized carbons (Fsp3) is 0.652. The molecule has 2 saturated heterocycles. The molecule has 2 fully saturated rings. The number of aliphatic imine (C=N–C) groups is 2. The van der Waals surface area contributed by atoms with Gasteiger partial charge in [-0.2, -0.15) is 0 Å². The maximum absolute atomic E-state index is 13.6. The number of hydrogen-bond acceptors (Lipinski definition) is 4. The lowest BCUT2D eigenvalue weighted by molar-refractivity contribution is 0.0870. The molecule has 172 valence electrons. The van der Waals surface area contributed by atoms with E-state index in [2.05, 4.69) is 15.2 Å². The monoisotopic (exact) mass is 450 g/mol. The summed E-state index contributed by atoms with van der Waals surface area (Å²) in [6.45, 7) is 5.17. The number of amidine groups is 1. The average Bonchev–Trinajstić information content (AvgIpc) is 2.78. The lowest BCUT2D eigenvalue weighted by atomic mass is 9.89. The van der Waals surface area contributed by atoms with Crippen LogP contribution in [-0.4, -0.2) is 71.8 Å². The molecule has 0 spiro atoms. The highest BCUT2D eigenvalue weighted by Crippen LogP contribution is 2.28. The van der Waals surface area contributed by atoms with Crippen LogP contribution in [0.15, 0.2) is 34.3 Å². The molecule has 0 aromatic heterocycles. The fourth-order valence-corrected chi connectivity index (χ4v) is 5.23. The minimum atomic E-state index is -0.944. The molecule has 3 rings (SSSR count). The van der Waals surface area contributed by atoms with E-state index in [0.717, 1.165) is 75.8 Å². The van der Waals surface area contributed by atoms with Crippen LogP contribution in [0, 0.1) is 5.82 Å². The van der Waals surface area contributed by atoms with Crippen LogP contribution >= 0.6 is 0 Å². The fourth-order valence-electron chi connectivity index (χ4n) is 4.18. The molecule has 1 aromatic carbocycles. The second kappa shape index (κ2) is 12.3. The molecule has 0 radical (unpaired) electrons. The normalized spacial score (nSPS) is 20.7. The molecule has 8 heteroatoms. The second-order valence-electron chi connectivity index (χ2n) is 8.20. The Kier molecular flexibility index (Phi) is 9.46. The van der Waals surface area contributed by atoms with Crippen molar-refractivity contribution in [3.63, 3.8) is 0 Å². The van der Waals surface area contributed by atoms with E-state index in [1.54, 1.807) is 19.2 Å². The molecule has 0 amide bonds. The lowest BCUT2D eigenvalue weighted by Gasteiger charge is -2.34. The summed E-state index contributed by atoms with van der Waals surface area (Å²) < 4.78 is 31.5. The highest BCUT2D eigenvalue weighted by Gasteiger charge is 2.24. The zero-order valence-corrected chi connectivity index (χ0v) is 19.5. The summed E-state index contributed by atoms with van der Waals surface area (Å²) in [5, 5.41) is 3.41. The van der Waals surface area contributed by atoms with Gasteiger partial charge in [-0.1, -0.05) is 19.1 Å². The largest absolute Gasteiger partial charge is 0.381 e. The average molecular weight is 451 g/mol. The Morgan fingerprint density at radius 2 is 2.00 bits per heavy atom. The number of nitrogens with one attached hydrogen (secondary N) is 1. The van der Waals surface area contributed by atoms with Gasteiger partial charge in [0.25, 0.3) is 0 Å². The van der Waals surface area contributed by atoms with E-state index in [9.17, 15) is 8.60 Å². The summed E-state index contributed by atoms with van der Waals surface area (Å²) in [6, 6.07) is 7.14. The van der Waals surface area contributed by atoms with Gasteiger partial charge in [0.15, 0.2) is 5.96 Å². The second-order valence-corrected chi connectivity index (χ2v) is 9.77. The smallest absolute Gasteiger partial charge is 0.199 e. The summed E-state index contributed by atoms with van der Waals surface area (Å²) in [5.74, 6) is 2.81. The summed E-state index contributed by atoms with van der Waals surface area (Å²) in [6.07, 6.45) is 4.56. The van der Waals surface area contributed by atoms with Crippen LogP contribution in [-0.2, 0) is 15.5 Å². The van der Waals surface area contributed by atoms with Crippen LogP contribution in [0.3, 0.4) is 0 Å². The summed E-state index contributed by atoms with van der Waals surface area (Å²) in [4.78, 5) is 11.6. The molecular weight excluding hydrogens is 415 g/mol. The van der Waals surface area contributed by atoms with Crippen LogP contribution in [0.5, 0.6) is 0 Å². The molecule has 1 unspecified atom stereocenters. The van der Waals surface area contributed by atoms with Crippen molar-refractivity contribution in [3.8, 4) is 0 Å². The van der Waals surface area contributed by atoms with E-state index in [0.29, 0.717) is 17.4 Å². The first-order valence-electron chi connectivity index (χ1n) is 11.3. The molecule has 2 heterocycles. The lowest BCUT2D eigenvalue weighted by Crippen LogP contribution is -2.48. The number of halogens is 1. The number of hydrogen-bond donors (Lipinski definition) is 1. The Morgan fingerprint density at radius 1 is 1.26 bits per heavy atom. The van der Waals surface area contributed by atoms with Crippen molar-refractivity contribution in [2.45, 2.75) is 51.0 Å². The van der Waals surface area contributed by atoms with Gasteiger partial charge >= 0.3 is 0 Å². The van der Waals surface area contributed by atoms with Crippen molar-refractivity contribution in [1.82, 2.24) is 10.2 Å². The minimum absolute atomic E-state index is 0.175. The third-order valence-corrected chi connectivity index (χ3v) is 7.30. The summed E-state index contributed by atoms with van der Waals surface area (Å²) >= 11 is 0. The number of rotatable bonds is 6. The van der Waals surface area contributed by atoms with Crippen molar-refractivity contribution in [1.29, 1.82) is 0 Å². The SMILES string of the molecule is CCCS(=O)CC(=NC1CCOCC1)NC(=NC)N1CCC(c2cccc(F)c2)CC1. The van der Waals surface area contributed by atoms with Crippen LogP contribution < -0.4 is 5.32 Å². The molecule has 2 aliphatic rings. The van der Waals surface area contributed by atoms with E-state index in [1.165, 1.54) is 6.07 Å². The molecule has 1 aromatic rings. The molecule has 1 atom stereocenters. The van der Waals surface area contributed by atoms with E-state index in [1.807, 2.05) is 13.0 Å². The van der Waals surface area contributed by atoms with Crippen molar-refractivity contribution in [3.05, 3.63) is 35.6 Å². The number of ether oxygens (including phenoxy) is 1. The number of nitrogens with zero attached hydrogens (tertiary/aromatic N) is 3. The Morgan fingerprint density at radius 3 is 2.65 bits per heavy atom. The third-order valence-electron chi connectivity index (χ3n) is 5.84. The number of benzene rings is 1. The first kappa shape index (κ1) is 23.9. The molecule has 31 heavy (non-hydrogen) atoms. The summed E-state index contributed by atoms with van der Waals surface area (Å²) in [7, 11) is 0.830. The molecule has 1 N–H and O–H groups in total. The zero-order chi connectivity index (χ0) is 22.1. The van der Waals surface area contributed by atoms with Crippen molar-refractivity contribution >= 4 is 22.6 Å². The molecule has 0 aliphatic carbocycles. The first-order chi connectivity index (χ1) is 15.1. The van der Waals surface area contributed by atoms with E-state index < -0.39 is 10.8 Å². The van der Waals surface area contributed by atoms with E-state index in [-0.39, 0.29) is 11.9 Å². The van der Waals surface area contributed by atoms with Gasteiger partial charge in [0.05, 0.1) is 11.8 Å². The van der Waals surface area contributed by atoms with Crippen LogP contribution in [0.4, 0.5) is 4.39 Å². The van der Waals surface area contributed by atoms with Gasteiger partial charge < -0.3 is 15.0 Å². The van der Waals surface area contributed by atoms with E-state index >= 15 is 0 Å². The third kappa shape index (κ3) is 7.38. The topological polar surface area (TPSA) is 66.3 Å². The number of piperidine rings is 1. The molecular formula is C23H35FN4O2S. The minimum Gasteiger partial charge on any atom is -0.381 e. The van der Waals surface area contributed by atoms with Gasteiger partial charge in [-0.25, -0.2) is 4.39 Å². The summed E-state index contributed by atoms with van der Waals surface area (Å²) in [5.41, 5.74) is 1.07. The molecule has 6 nitrogen and oxygen atoms in total. The Bertz CT molecular complexity index is 788. The standard InChI is InChI=1S/C23H35FN4O2S/c1-3-15-31(29)17-22(26-21-9-13-30-14-10-21)27-23(25-2)28-11-7-18(8-12-28)19-5-4-6-20(24)16-19/h4-6,16,18,21H,3,7-15,17H2,1-2H3,(H,25,26,27). The first-order valence-corrected chi connectivity index (χ1v) is 12.8. The zero-order valence-electron chi connectivity index (χ0n) is 18.7. The predicted molar refractivity (Wildman–Crippen MR) is 126 cm³/mol. The van der Waals surface area contributed by atoms with Gasteiger partial charge in [-0.05, 0) is 55.7 Å². The van der Waals surface area contributed by atoms with Crippen molar-refractivity contribution in [2.75, 3.05) is 44.9 Å². The Hall–Kier alpha value is -1.80. The van der Waals surface area contributed by atoms with Gasteiger partial charge in [0.2, 0.25) is 0 Å². The van der Waals surface area contributed by atoms with Gasteiger partial charge in [0, 0.05) is 49.9 Å². The Balaban J connectivity index is 1.63. The van der Waals surface area contributed by atoms with Gasteiger partial charge in [-0.15, -0.1) is 0 Å². The van der Waals surface area contributed by atoms with Crippen LogP contribution in [0.2, 0.25) is 0 Å². The van der Waals surface area contributed by atoms with Gasteiger partial charge in [0.1, 0.15) is 11.7 Å². The highest BCUT2D eigenvalue weighted by atomic mass is 32.2. The number of guanidine groups is 1. The van der Waals surface area contributed by atoms with Crippen LogP contribution in [0.25, 0.3) is 0 Å². The maximum Gasteiger partial charge on any atom is 0.199 e. The molecule has 2 aliphatic heterocycles. The number of likely N-dealkylation sites (tertiary alicyclic amines) is 1. The Labute approximate surface area is 187 Å². The van der Waals surface area contributed by atoms with Crippen molar-refractivity contribution < 1.29 is 13.3 Å². The molecule has 0 bridgehead atoms. The maximum atomic E-state index is 13.6. The van der Waals surface area contributed by atoms with Gasteiger partial charge in [-0.3, -0.25) is 14.2 Å². The quantitative estimate of drug-likeness (QED) is 0.533. The van der Waals surface area contributed by atoms with Crippen LogP contribution in [0.1, 0.15) is 50.5 Å².